The molecule has 138 valence electrons. The predicted octanol–water partition coefficient (Wildman–Crippen LogP) is 4.43. The first-order valence-electron chi connectivity index (χ1n) is 8.85. The summed E-state index contributed by atoms with van der Waals surface area (Å²) in [6.45, 7) is 1.87. The molecule has 7 heteroatoms. The van der Waals surface area contributed by atoms with Crippen molar-refractivity contribution >= 4 is 34.0 Å². The fourth-order valence-electron chi connectivity index (χ4n) is 3.06. The fourth-order valence-corrected chi connectivity index (χ4v) is 4.11. The number of aromatic nitrogens is 1. The van der Waals surface area contributed by atoms with E-state index in [0.717, 1.165) is 30.5 Å². The van der Waals surface area contributed by atoms with Gasteiger partial charge < -0.3 is 9.73 Å². The normalized spacial score (nSPS) is 13.1. The Morgan fingerprint density at radius 2 is 1.96 bits per heavy atom. The average molecular weight is 381 g/mol. The van der Waals surface area contributed by atoms with E-state index in [1.54, 1.807) is 41.7 Å². The van der Waals surface area contributed by atoms with Crippen LogP contribution in [0.5, 0.6) is 0 Å². The Morgan fingerprint density at radius 1 is 1.11 bits per heavy atom. The topological polar surface area (TPSA) is 84.2 Å². The third-order valence-electron chi connectivity index (χ3n) is 4.56. The van der Waals surface area contributed by atoms with Crippen LogP contribution in [0.3, 0.4) is 0 Å². The molecule has 0 fully saturated rings. The smallest absolute Gasteiger partial charge is 0.291 e. The van der Waals surface area contributed by atoms with Gasteiger partial charge >= 0.3 is 0 Å². The van der Waals surface area contributed by atoms with Crippen molar-refractivity contribution in [2.45, 2.75) is 32.6 Å². The minimum absolute atomic E-state index is 0.220. The Balaban J connectivity index is 1.50. The standard InChI is InChI=1S/C20H19N3O3S/c1-12-8-9-13(11-15(12)21-19(25)16-6-4-10-26-16)18(24)23-20-22-14-5-2-3-7-17(14)27-20/h4,6,8-11H,2-3,5,7H2,1H3,(H,21,25)(H,22,23,24). The molecule has 0 spiro atoms. The lowest BCUT2D eigenvalue weighted by Crippen LogP contribution is -2.15. The molecular weight excluding hydrogens is 362 g/mol. The molecule has 0 aliphatic heterocycles. The molecule has 3 aromatic rings. The Labute approximate surface area is 160 Å². The maximum absolute atomic E-state index is 12.6. The summed E-state index contributed by atoms with van der Waals surface area (Å²) in [6.07, 6.45) is 5.80. The highest BCUT2D eigenvalue weighted by molar-refractivity contribution is 7.15. The number of rotatable bonds is 4. The number of carbonyl (C=O) groups is 2. The Morgan fingerprint density at radius 3 is 2.74 bits per heavy atom. The van der Waals surface area contributed by atoms with E-state index in [-0.39, 0.29) is 17.6 Å². The molecule has 1 aliphatic carbocycles. The monoisotopic (exact) mass is 381 g/mol. The first kappa shape index (κ1) is 17.5. The van der Waals surface area contributed by atoms with Crippen LogP contribution in [0, 0.1) is 6.92 Å². The van der Waals surface area contributed by atoms with Gasteiger partial charge in [0.2, 0.25) is 0 Å². The molecule has 1 aromatic carbocycles. The van der Waals surface area contributed by atoms with Crippen LogP contribution in [0.15, 0.2) is 41.0 Å². The summed E-state index contributed by atoms with van der Waals surface area (Å²) in [5.74, 6) is -0.375. The molecular formula is C20H19N3O3S. The number of furan rings is 1. The van der Waals surface area contributed by atoms with Gasteiger partial charge in [-0.3, -0.25) is 14.9 Å². The first-order chi connectivity index (χ1) is 13.1. The molecule has 0 unspecified atom stereocenters. The maximum atomic E-state index is 12.6. The summed E-state index contributed by atoms with van der Waals surface area (Å²) in [4.78, 5) is 30.6. The van der Waals surface area contributed by atoms with E-state index in [0.29, 0.717) is 16.4 Å². The number of hydrogen-bond acceptors (Lipinski definition) is 5. The minimum Gasteiger partial charge on any atom is -0.459 e. The number of nitrogens with zero attached hydrogens (tertiary/aromatic N) is 1. The molecule has 0 saturated carbocycles. The largest absolute Gasteiger partial charge is 0.459 e. The highest BCUT2D eigenvalue weighted by Crippen LogP contribution is 2.30. The van der Waals surface area contributed by atoms with Crippen LogP contribution in [0.1, 0.15) is 49.9 Å². The molecule has 2 heterocycles. The summed E-state index contributed by atoms with van der Waals surface area (Å²) < 4.78 is 5.11. The average Bonchev–Trinajstić information content (AvgIpc) is 3.32. The minimum atomic E-state index is -0.353. The number of thiazole rings is 1. The van der Waals surface area contributed by atoms with E-state index in [1.165, 1.54) is 17.6 Å². The number of benzene rings is 1. The summed E-state index contributed by atoms with van der Waals surface area (Å²) in [5.41, 5.74) is 3.00. The zero-order valence-corrected chi connectivity index (χ0v) is 15.7. The van der Waals surface area contributed by atoms with Gasteiger partial charge in [-0.1, -0.05) is 6.07 Å². The second-order valence-electron chi connectivity index (χ2n) is 6.51. The first-order valence-corrected chi connectivity index (χ1v) is 9.67. The van der Waals surface area contributed by atoms with Crippen molar-refractivity contribution in [1.29, 1.82) is 0 Å². The van der Waals surface area contributed by atoms with Gasteiger partial charge in [0.1, 0.15) is 0 Å². The van der Waals surface area contributed by atoms with Crippen molar-refractivity contribution in [3.63, 3.8) is 0 Å². The Kier molecular flexibility index (Phi) is 4.77. The molecule has 0 saturated heterocycles. The third kappa shape index (κ3) is 3.78. The molecule has 0 radical (unpaired) electrons. The summed E-state index contributed by atoms with van der Waals surface area (Å²) in [7, 11) is 0. The highest BCUT2D eigenvalue weighted by Gasteiger charge is 2.18. The van der Waals surface area contributed by atoms with Crippen LogP contribution in [0.4, 0.5) is 10.8 Å². The number of carbonyl (C=O) groups excluding carboxylic acids is 2. The molecule has 1 aliphatic rings. The lowest BCUT2D eigenvalue weighted by atomic mass is 10.0. The molecule has 2 aromatic heterocycles. The van der Waals surface area contributed by atoms with Gasteiger partial charge in [-0.15, -0.1) is 11.3 Å². The molecule has 2 N–H and O–H groups in total. The van der Waals surface area contributed by atoms with Gasteiger partial charge in [-0.2, -0.15) is 0 Å². The van der Waals surface area contributed by atoms with Gasteiger partial charge in [-0.05, 0) is 62.4 Å². The Bertz CT molecular complexity index is 969. The molecule has 4 rings (SSSR count). The van der Waals surface area contributed by atoms with E-state index >= 15 is 0 Å². The highest BCUT2D eigenvalue weighted by atomic mass is 32.1. The second kappa shape index (κ2) is 7.36. The van der Waals surface area contributed by atoms with Crippen LogP contribution in [0.25, 0.3) is 0 Å². The lowest BCUT2D eigenvalue weighted by Gasteiger charge is -2.09. The van der Waals surface area contributed by atoms with Crippen LogP contribution < -0.4 is 10.6 Å². The number of nitrogens with one attached hydrogen (secondary N) is 2. The van der Waals surface area contributed by atoms with E-state index < -0.39 is 0 Å². The van der Waals surface area contributed by atoms with Crippen LogP contribution in [-0.2, 0) is 12.8 Å². The van der Waals surface area contributed by atoms with Crippen molar-refractivity contribution in [2.75, 3.05) is 10.6 Å². The predicted molar refractivity (Wildman–Crippen MR) is 105 cm³/mol. The van der Waals surface area contributed by atoms with Crippen LogP contribution in [-0.4, -0.2) is 16.8 Å². The Hall–Kier alpha value is -2.93. The van der Waals surface area contributed by atoms with Gasteiger partial charge in [0.15, 0.2) is 10.9 Å². The SMILES string of the molecule is Cc1ccc(C(=O)Nc2nc3c(s2)CCCC3)cc1NC(=O)c1ccco1. The third-order valence-corrected chi connectivity index (χ3v) is 5.63. The van der Waals surface area contributed by atoms with Crippen LogP contribution >= 0.6 is 11.3 Å². The number of hydrogen-bond donors (Lipinski definition) is 2. The van der Waals surface area contributed by atoms with E-state index in [1.807, 2.05) is 6.92 Å². The molecule has 2 amide bonds. The zero-order valence-electron chi connectivity index (χ0n) is 14.9. The number of aryl methyl sites for hydroxylation is 3. The van der Waals surface area contributed by atoms with Crippen molar-refractivity contribution in [2.24, 2.45) is 0 Å². The quantitative estimate of drug-likeness (QED) is 0.700. The number of fused-ring (bicyclic) bond motifs is 1. The second-order valence-corrected chi connectivity index (χ2v) is 7.59. The van der Waals surface area contributed by atoms with E-state index in [2.05, 4.69) is 15.6 Å². The van der Waals surface area contributed by atoms with Crippen molar-refractivity contribution in [3.8, 4) is 0 Å². The van der Waals surface area contributed by atoms with Gasteiger partial charge in [0.25, 0.3) is 11.8 Å². The summed E-state index contributed by atoms with van der Waals surface area (Å²) >= 11 is 1.55. The summed E-state index contributed by atoms with van der Waals surface area (Å²) in [6, 6.07) is 8.45. The molecule has 6 nitrogen and oxygen atoms in total. The van der Waals surface area contributed by atoms with E-state index in [4.69, 9.17) is 4.42 Å². The number of amides is 2. The maximum Gasteiger partial charge on any atom is 0.291 e. The molecule has 0 atom stereocenters. The van der Waals surface area contributed by atoms with E-state index in [9.17, 15) is 9.59 Å². The van der Waals surface area contributed by atoms with Crippen molar-refractivity contribution < 1.29 is 14.0 Å². The van der Waals surface area contributed by atoms with Gasteiger partial charge in [-0.25, -0.2) is 4.98 Å². The van der Waals surface area contributed by atoms with Crippen LogP contribution in [0.2, 0.25) is 0 Å². The van der Waals surface area contributed by atoms with Crippen molar-refractivity contribution in [1.82, 2.24) is 4.98 Å². The fraction of sp³-hybridized carbons (Fsp3) is 0.250. The van der Waals surface area contributed by atoms with Gasteiger partial charge in [0, 0.05) is 16.1 Å². The molecule has 27 heavy (non-hydrogen) atoms. The lowest BCUT2D eigenvalue weighted by molar-refractivity contribution is 0.0993. The molecule has 0 bridgehead atoms. The zero-order chi connectivity index (χ0) is 18.8. The summed E-state index contributed by atoms with van der Waals surface area (Å²) in [5, 5.41) is 6.30. The van der Waals surface area contributed by atoms with Gasteiger partial charge in [0.05, 0.1) is 12.0 Å². The number of anilines is 2. The van der Waals surface area contributed by atoms with Crippen molar-refractivity contribution in [3.05, 3.63) is 64.1 Å².